The predicted octanol–water partition coefficient (Wildman–Crippen LogP) is 1.85. The summed E-state index contributed by atoms with van der Waals surface area (Å²) in [5, 5.41) is 11.7. The summed E-state index contributed by atoms with van der Waals surface area (Å²) in [6.45, 7) is 1.62. The van der Waals surface area contributed by atoms with Crippen LogP contribution in [0, 0.1) is 0 Å². The molecular weight excluding hydrogens is 406 g/mol. The third-order valence-electron chi connectivity index (χ3n) is 6.03. The summed E-state index contributed by atoms with van der Waals surface area (Å²) in [7, 11) is 0. The van der Waals surface area contributed by atoms with Gasteiger partial charge in [-0.1, -0.05) is 48.5 Å². The first-order valence-electron chi connectivity index (χ1n) is 11.0. The molecule has 0 radical (unpaired) electrons. The van der Waals surface area contributed by atoms with Crippen LogP contribution in [0.25, 0.3) is 0 Å². The molecule has 4 N–H and O–H groups in total. The highest BCUT2D eigenvalue weighted by molar-refractivity contribution is 5.89. The largest absolute Gasteiger partial charge is 0.353 e. The maximum Gasteiger partial charge on any atom is 0.319 e. The van der Waals surface area contributed by atoms with Crippen LogP contribution in [-0.2, 0) is 16.1 Å². The van der Waals surface area contributed by atoms with Crippen LogP contribution < -0.4 is 21.3 Å². The van der Waals surface area contributed by atoms with Crippen molar-refractivity contribution in [3.8, 4) is 0 Å². The van der Waals surface area contributed by atoms with Crippen molar-refractivity contribution >= 4 is 23.5 Å². The number of anilines is 1. The molecule has 2 heterocycles. The third-order valence-corrected chi connectivity index (χ3v) is 6.03. The van der Waals surface area contributed by atoms with Crippen LogP contribution >= 0.6 is 0 Å². The summed E-state index contributed by atoms with van der Waals surface area (Å²) in [5.41, 5.74) is 1.78. The number of fused-ring (bicyclic) bond motifs is 1. The van der Waals surface area contributed by atoms with E-state index in [4.69, 9.17) is 0 Å². The molecule has 0 aromatic heterocycles. The standard InChI is InChI=1S/C24H29N5O3/c30-22(25-14-17-7-3-1-4-8-17)12-11-20-15-26-23(31)21-13-19(16-29(20)21)28-24(32)27-18-9-5-2-6-10-18/h1-10,19-21H,11-16H2,(H,25,30)(H,26,31)(H2,27,28,32)/t19-,20+,21-/m0/s1. The number of nitrogens with one attached hydrogen (secondary N) is 4. The number of carbonyl (C=O) groups is 3. The Morgan fingerprint density at radius 1 is 1.03 bits per heavy atom. The van der Waals surface area contributed by atoms with E-state index < -0.39 is 0 Å². The Morgan fingerprint density at radius 3 is 2.50 bits per heavy atom. The Kier molecular flexibility index (Phi) is 7.01. The smallest absolute Gasteiger partial charge is 0.319 e. The number of piperazine rings is 1. The summed E-state index contributed by atoms with van der Waals surface area (Å²) >= 11 is 0. The van der Waals surface area contributed by atoms with Gasteiger partial charge >= 0.3 is 6.03 Å². The molecule has 0 unspecified atom stereocenters. The van der Waals surface area contributed by atoms with Gasteiger partial charge in [-0.05, 0) is 30.5 Å². The summed E-state index contributed by atoms with van der Waals surface area (Å²) in [4.78, 5) is 39.2. The number of urea groups is 1. The zero-order chi connectivity index (χ0) is 22.3. The monoisotopic (exact) mass is 435 g/mol. The highest BCUT2D eigenvalue weighted by atomic mass is 16.2. The van der Waals surface area contributed by atoms with E-state index in [0.717, 1.165) is 11.3 Å². The number of nitrogens with zero attached hydrogens (tertiary/aromatic N) is 1. The highest BCUT2D eigenvalue weighted by Crippen LogP contribution is 2.26. The number of hydrogen-bond acceptors (Lipinski definition) is 4. The van der Waals surface area contributed by atoms with Crippen LogP contribution in [-0.4, -0.2) is 54.0 Å². The fourth-order valence-electron chi connectivity index (χ4n) is 4.40. The van der Waals surface area contributed by atoms with Gasteiger partial charge in [0.1, 0.15) is 0 Å². The summed E-state index contributed by atoms with van der Waals surface area (Å²) in [5.74, 6) is -0.0130. The number of amides is 4. The topological polar surface area (TPSA) is 103 Å². The van der Waals surface area contributed by atoms with Gasteiger partial charge in [0.05, 0.1) is 6.04 Å². The maximum absolute atomic E-state index is 12.4. The Labute approximate surface area is 187 Å². The van der Waals surface area contributed by atoms with E-state index in [1.165, 1.54) is 0 Å². The molecule has 0 spiro atoms. The van der Waals surface area contributed by atoms with Crippen LogP contribution in [0.5, 0.6) is 0 Å². The van der Waals surface area contributed by atoms with Crippen molar-refractivity contribution in [2.75, 3.05) is 18.4 Å². The molecule has 0 aliphatic carbocycles. The van der Waals surface area contributed by atoms with Gasteiger partial charge in [-0.15, -0.1) is 0 Å². The van der Waals surface area contributed by atoms with E-state index >= 15 is 0 Å². The number of para-hydroxylation sites is 1. The molecule has 168 valence electrons. The lowest BCUT2D eigenvalue weighted by molar-refractivity contribution is -0.129. The second kappa shape index (κ2) is 10.3. The number of benzene rings is 2. The minimum absolute atomic E-state index is 0.00147. The predicted molar refractivity (Wildman–Crippen MR) is 122 cm³/mol. The fraction of sp³-hybridized carbons (Fsp3) is 0.375. The molecule has 2 saturated heterocycles. The molecule has 4 amide bonds. The van der Waals surface area contributed by atoms with Crippen LogP contribution in [0.2, 0.25) is 0 Å². The van der Waals surface area contributed by atoms with Crippen LogP contribution in [0.4, 0.5) is 10.5 Å². The Balaban J connectivity index is 1.26. The zero-order valence-electron chi connectivity index (χ0n) is 17.9. The van der Waals surface area contributed by atoms with Crippen molar-refractivity contribution in [3.05, 3.63) is 66.2 Å². The van der Waals surface area contributed by atoms with E-state index in [-0.39, 0.29) is 36.0 Å². The van der Waals surface area contributed by atoms with E-state index in [9.17, 15) is 14.4 Å². The molecule has 2 aliphatic rings. The van der Waals surface area contributed by atoms with E-state index in [2.05, 4.69) is 26.2 Å². The Bertz CT molecular complexity index is 937. The van der Waals surface area contributed by atoms with Crippen molar-refractivity contribution < 1.29 is 14.4 Å². The molecular formula is C24H29N5O3. The summed E-state index contributed by atoms with van der Waals surface area (Å²) in [6, 6.07) is 18.4. The van der Waals surface area contributed by atoms with Gasteiger partial charge in [-0.3, -0.25) is 14.5 Å². The van der Waals surface area contributed by atoms with Gasteiger partial charge in [0.25, 0.3) is 0 Å². The highest BCUT2D eigenvalue weighted by Gasteiger charge is 2.43. The average Bonchev–Trinajstić information content (AvgIpc) is 3.23. The zero-order valence-corrected chi connectivity index (χ0v) is 17.9. The van der Waals surface area contributed by atoms with Crippen LogP contribution in [0.1, 0.15) is 24.8 Å². The van der Waals surface area contributed by atoms with Crippen molar-refractivity contribution in [3.63, 3.8) is 0 Å². The first-order chi connectivity index (χ1) is 15.6. The van der Waals surface area contributed by atoms with E-state index in [1.807, 2.05) is 60.7 Å². The minimum atomic E-state index is -0.279. The lowest BCUT2D eigenvalue weighted by Gasteiger charge is -2.37. The first-order valence-corrected chi connectivity index (χ1v) is 11.0. The van der Waals surface area contributed by atoms with Gasteiger partial charge in [-0.25, -0.2) is 4.79 Å². The van der Waals surface area contributed by atoms with Gasteiger partial charge in [0.15, 0.2) is 0 Å². The van der Waals surface area contributed by atoms with Gasteiger partial charge in [0, 0.05) is 43.8 Å². The molecule has 0 saturated carbocycles. The molecule has 8 heteroatoms. The van der Waals surface area contributed by atoms with Crippen molar-refractivity contribution in [2.45, 2.75) is 43.9 Å². The van der Waals surface area contributed by atoms with E-state index in [1.54, 1.807) is 0 Å². The van der Waals surface area contributed by atoms with Crippen LogP contribution in [0.3, 0.4) is 0 Å². The second-order valence-corrected chi connectivity index (χ2v) is 8.31. The lowest BCUT2D eigenvalue weighted by atomic mass is 10.0. The molecule has 3 atom stereocenters. The Hall–Kier alpha value is -3.39. The SMILES string of the molecule is O=C(CC[C@@H]1CNC(=O)[C@@H]2C[C@H](NC(=O)Nc3ccccc3)CN12)NCc1ccccc1. The number of rotatable bonds is 7. The number of hydrogen-bond donors (Lipinski definition) is 4. The normalized spacial score (nSPS) is 22.5. The summed E-state index contributed by atoms with van der Waals surface area (Å²) in [6.07, 6.45) is 1.61. The molecule has 2 aromatic carbocycles. The van der Waals surface area contributed by atoms with Crippen LogP contribution in [0.15, 0.2) is 60.7 Å². The molecule has 8 nitrogen and oxygen atoms in total. The molecule has 2 fully saturated rings. The van der Waals surface area contributed by atoms with Crippen molar-refractivity contribution in [1.82, 2.24) is 20.9 Å². The van der Waals surface area contributed by atoms with E-state index in [0.29, 0.717) is 38.9 Å². The third kappa shape index (κ3) is 5.64. The van der Waals surface area contributed by atoms with Crippen molar-refractivity contribution in [2.24, 2.45) is 0 Å². The Morgan fingerprint density at radius 2 is 1.75 bits per heavy atom. The molecule has 2 aliphatic heterocycles. The average molecular weight is 436 g/mol. The van der Waals surface area contributed by atoms with Gasteiger partial charge in [0.2, 0.25) is 11.8 Å². The molecule has 2 aromatic rings. The first kappa shape index (κ1) is 21.8. The summed E-state index contributed by atoms with van der Waals surface area (Å²) < 4.78 is 0. The van der Waals surface area contributed by atoms with Gasteiger partial charge in [-0.2, -0.15) is 0 Å². The van der Waals surface area contributed by atoms with Crippen molar-refractivity contribution in [1.29, 1.82) is 0 Å². The maximum atomic E-state index is 12.4. The fourth-order valence-corrected chi connectivity index (χ4v) is 4.40. The van der Waals surface area contributed by atoms with Gasteiger partial charge < -0.3 is 21.3 Å². The molecule has 32 heavy (non-hydrogen) atoms. The number of carbonyl (C=O) groups excluding carboxylic acids is 3. The second-order valence-electron chi connectivity index (χ2n) is 8.31. The lowest BCUT2D eigenvalue weighted by Crippen LogP contribution is -2.58. The molecule has 4 rings (SSSR count). The quantitative estimate of drug-likeness (QED) is 0.533. The molecule has 0 bridgehead atoms. The minimum Gasteiger partial charge on any atom is -0.353 e.